The van der Waals surface area contributed by atoms with Gasteiger partial charge in [0, 0.05) is 32.4 Å². The Morgan fingerprint density at radius 3 is 2.48 bits per heavy atom. The van der Waals surface area contributed by atoms with Gasteiger partial charge in [-0.3, -0.25) is 0 Å². The Bertz CT molecular complexity index is 1090. The van der Waals surface area contributed by atoms with Crippen LogP contribution in [-0.4, -0.2) is 54.6 Å². The third-order valence-electron chi connectivity index (χ3n) is 5.28. The first-order valence-corrected chi connectivity index (χ1v) is 10.9. The number of benzene rings is 1. The second-order valence-corrected chi connectivity index (χ2v) is 8.93. The largest absolute Gasteiger partial charge is 0.497 e. The Morgan fingerprint density at radius 2 is 1.83 bits per heavy atom. The monoisotopic (exact) mass is 416 g/mol. The predicted octanol–water partition coefficient (Wildman–Crippen LogP) is 2.61. The first-order chi connectivity index (χ1) is 14.0. The SMILES string of the molecule is COCc1nc2cccnc2n1C1CCN(S(=O)(=O)c2ccc(OC)cc2)CC1. The number of piperidine rings is 1. The van der Waals surface area contributed by atoms with Gasteiger partial charge in [-0.1, -0.05) is 0 Å². The van der Waals surface area contributed by atoms with Gasteiger partial charge in [-0.05, 0) is 49.2 Å². The molecule has 2 aromatic heterocycles. The van der Waals surface area contributed by atoms with Crippen molar-refractivity contribution in [3.63, 3.8) is 0 Å². The van der Waals surface area contributed by atoms with Crippen LogP contribution in [0.1, 0.15) is 24.7 Å². The van der Waals surface area contributed by atoms with Gasteiger partial charge in [-0.25, -0.2) is 18.4 Å². The third-order valence-corrected chi connectivity index (χ3v) is 7.19. The maximum Gasteiger partial charge on any atom is 0.243 e. The number of imidazole rings is 1. The van der Waals surface area contributed by atoms with Crippen molar-refractivity contribution in [3.05, 3.63) is 48.4 Å². The Morgan fingerprint density at radius 1 is 1.10 bits per heavy atom. The van der Waals surface area contributed by atoms with Crippen molar-refractivity contribution in [2.75, 3.05) is 27.3 Å². The summed E-state index contributed by atoms with van der Waals surface area (Å²) in [4.78, 5) is 9.42. The van der Waals surface area contributed by atoms with Gasteiger partial charge in [0.05, 0.1) is 12.0 Å². The molecule has 3 heterocycles. The lowest BCUT2D eigenvalue weighted by Gasteiger charge is -2.32. The molecule has 0 N–H and O–H groups in total. The molecule has 1 aliphatic heterocycles. The molecule has 8 nitrogen and oxygen atoms in total. The average molecular weight is 417 g/mol. The van der Waals surface area contributed by atoms with Crippen LogP contribution < -0.4 is 4.74 Å². The summed E-state index contributed by atoms with van der Waals surface area (Å²) in [5.41, 5.74) is 1.64. The molecule has 0 atom stereocenters. The van der Waals surface area contributed by atoms with Gasteiger partial charge in [0.1, 0.15) is 23.7 Å². The summed E-state index contributed by atoms with van der Waals surface area (Å²) >= 11 is 0. The third kappa shape index (κ3) is 3.73. The van der Waals surface area contributed by atoms with E-state index in [1.54, 1.807) is 49.0 Å². The zero-order chi connectivity index (χ0) is 20.4. The molecule has 0 saturated carbocycles. The summed E-state index contributed by atoms with van der Waals surface area (Å²) in [6.45, 7) is 1.27. The van der Waals surface area contributed by atoms with Crippen molar-refractivity contribution >= 4 is 21.2 Å². The Labute approximate surface area is 170 Å². The molecule has 1 saturated heterocycles. The maximum atomic E-state index is 13.0. The first-order valence-electron chi connectivity index (χ1n) is 9.49. The average Bonchev–Trinajstić information content (AvgIpc) is 3.12. The molecule has 0 amide bonds. The minimum absolute atomic E-state index is 0.127. The number of rotatable bonds is 6. The van der Waals surface area contributed by atoms with E-state index >= 15 is 0 Å². The fraction of sp³-hybridized carbons (Fsp3) is 0.400. The van der Waals surface area contributed by atoms with E-state index in [9.17, 15) is 8.42 Å². The molecule has 9 heteroatoms. The zero-order valence-electron chi connectivity index (χ0n) is 16.5. The van der Waals surface area contributed by atoms with Gasteiger partial charge in [0.25, 0.3) is 0 Å². The second kappa shape index (κ2) is 8.10. The summed E-state index contributed by atoms with van der Waals surface area (Å²) in [5, 5.41) is 0. The minimum atomic E-state index is -3.53. The second-order valence-electron chi connectivity index (χ2n) is 6.99. The van der Waals surface area contributed by atoms with Crippen molar-refractivity contribution in [2.24, 2.45) is 0 Å². The molecule has 0 aliphatic carbocycles. The standard InChI is InChI=1S/C20H24N4O4S/c1-27-14-19-22-18-4-3-11-21-20(18)24(19)15-9-12-23(13-10-15)29(25,26)17-7-5-16(28-2)6-8-17/h3-8,11,15H,9-10,12-14H2,1-2H3. The molecular formula is C20H24N4O4S. The highest BCUT2D eigenvalue weighted by Gasteiger charge is 2.31. The molecule has 4 rings (SSSR count). The Kier molecular flexibility index (Phi) is 5.53. The van der Waals surface area contributed by atoms with Crippen LogP contribution in [0, 0.1) is 0 Å². The van der Waals surface area contributed by atoms with Crippen LogP contribution in [0.5, 0.6) is 5.75 Å². The summed E-state index contributed by atoms with van der Waals surface area (Å²) < 4.78 is 40.1. The van der Waals surface area contributed by atoms with Crippen LogP contribution in [0.2, 0.25) is 0 Å². The Hall–Kier alpha value is -2.49. The van der Waals surface area contributed by atoms with Gasteiger partial charge in [0.15, 0.2) is 5.65 Å². The van der Waals surface area contributed by atoms with E-state index in [1.165, 1.54) is 0 Å². The van der Waals surface area contributed by atoms with Gasteiger partial charge in [-0.15, -0.1) is 0 Å². The fourth-order valence-corrected chi connectivity index (χ4v) is 5.30. The lowest BCUT2D eigenvalue weighted by atomic mass is 10.1. The van der Waals surface area contributed by atoms with E-state index in [-0.39, 0.29) is 10.9 Å². The molecule has 1 aliphatic rings. The number of nitrogens with zero attached hydrogens (tertiary/aromatic N) is 4. The summed E-state index contributed by atoms with van der Waals surface area (Å²) in [6.07, 6.45) is 3.13. The van der Waals surface area contributed by atoms with Crippen molar-refractivity contribution in [1.82, 2.24) is 18.8 Å². The summed E-state index contributed by atoms with van der Waals surface area (Å²) in [5.74, 6) is 1.45. The number of pyridine rings is 1. The molecule has 154 valence electrons. The van der Waals surface area contributed by atoms with Crippen LogP contribution in [0.15, 0.2) is 47.5 Å². The normalized spacial score (nSPS) is 16.3. The number of fused-ring (bicyclic) bond motifs is 1. The van der Waals surface area contributed by atoms with E-state index in [0.717, 1.165) is 17.0 Å². The summed E-state index contributed by atoms with van der Waals surface area (Å²) in [7, 11) is -0.333. The lowest BCUT2D eigenvalue weighted by molar-refractivity contribution is 0.168. The highest BCUT2D eigenvalue weighted by molar-refractivity contribution is 7.89. The minimum Gasteiger partial charge on any atom is -0.497 e. The fourth-order valence-electron chi connectivity index (χ4n) is 3.83. The number of sulfonamides is 1. The molecule has 1 fully saturated rings. The van der Waals surface area contributed by atoms with Crippen molar-refractivity contribution in [3.8, 4) is 5.75 Å². The number of ether oxygens (including phenoxy) is 2. The number of methoxy groups -OCH3 is 2. The molecule has 29 heavy (non-hydrogen) atoms. The predicted molar refractivity (Wildman–Crippen MR) is 108 cm³/mol. The van der Waals surface area contributed by atoms with Crippen molar-refractivity contribution < 1.29 is 17.9 Å². The molecule has 1 aromatic carbocycles. The maximum absolute atomic E-state index is 13.0. The van der Waals surface area contributed by atoms with Crippen molar-refractivity contribution in [1.29, 1.82) is 0 Å². The van der Waals surface area contributed by atoms with E-state index < -0.39 is 10.0 Å². The topological polar surface area (TPSA) is 86.6 Å². The van der Waals surface area contributed by atoms with E-state index in [1.807, 2.05) is 12.1 Å². The lowest BCUT2D eigenvalue weighted by Crippen LogP contribution is -2.39. The molecule has 0 spiro atoms. The summed E-state index contributed by atoms with van der Waals surface area (Å²) in [6, 6.07) is 10.4. The Balaban J connectivity index is 1.55. The van der Waals surface area contributed by atoms with Crippen molar-refractivity contribution in [2.45, 2.75) is 30.4 Å². The van der Waals surface area contributed by atoms with Crippen LogP contribution in [0.3, 0.4) is 0 Å². The van der Waals surface area contributed by atoms with E-state index in [2.05, 4.69) is 14.5 Å². The quantitative estimate of drug-likeness (QED) is 0.614. The van der Waals surface area contributed by atoms with E-state index in [0.29, 0.717) is 38.3 Å². The zero-order valence-corrected chi connectivity index (χ0v) is 17.3. The smallest absolute Gasteiger partial charge is 0.243 e. The number of hydrogen-bond donors (Lipinski definition) is 0. The number of aromatic nitrogens is 3. The molecule has 0 radical (unpaired) electrons. The van der Waals surface area contributed by atoms with Crippen LogP contribution in [0.4, 0.5) is 0 Å². The first kappa shape index (κ1) is 19.8. The number of hydrogen-bond acceptors (Lipinski definition) is 6. The molecule has 0 bridgehead atoms. The van der Waals surface area contributed by atoms with Gasteiger partial charge >= 0.3 is 0 Å². The van der Waals surface area contributed by atoms with Crippen LogP contribution in [-0.2, 0) is 21.4 Å². The van der Waals surface area contributed by atoms with Gasteiger partial charge in [-0.2, -0.15) is 4.31 Å². The molecule has 0 unspecified atom stereocenters. The molecular weight excluding hydrogens is 392 g/mol. The molecule has 3 aromatic rings. The van der Waals surface area contributed by atoms with E-state index in [4.69, 9.17) is 9.47 Å². The van der Waals surface area contributed by atoms with Crippen LogP contribution in [0.25, 0.3) is 11.2 Å². The van der Waals surface area contributed by atoms with Gasteiger partial charge in [0.2, 0.25) is 10.0 Å². The van der Waals surface area contributed by atoms with Gasteiger partial charge < -0.3 is 14.0 Å². The highest BCUT2D eigenvalue weighted by atomic mass is 32.2. The van der Waals surface area contributed by atoms with Crippen LogP contribution >= 0.6 is 0 Å². The highest BCUT2D eigenvalue weighted by Crippen LogP contribution is 2.31.